The lowest BCUT2D eigenvalue weighted by Gasteiger charge is -2.37. The van der Waals surface area contributed by atoms with Gasteiger partial charge in [0.05, 0.1) is 19.3 Å². The summed E-state index contributed by atoms with van der Waals surface area (Å²) in [6.45, 7) is 6.48. The first-order valence-electron chi connectivity index (χ1n) is 9.59. The molecule has 0 bridgehead atoms. The maximum Gasteiger partial charge on any atom is 0.320 e. The molecule has 0 saturated carbocycles. The van der Waals surface area contributed by atoms with Crippen molar-refractivity contribution in [1.29, 1.82) is 0 Å². The number of rotatable bonds is 6. The molecular formula is C18H29N5O3. The summed E-state index contributed by atoms with van der Waals surface area (Å²) in [5, 5.41) is 2.95. The number of amides is 3. The van der Waals surface area contributed by atoms with E-state index in [2.05, 4.69) is 17.2 Å². The normalized spacial score (nSPS) is 20.4. The topological polar surface area (TPSA) is 79.7 Å². The summed E-state index contributed by atoms with van der Waals surface area (Å²) in [5.41, 5.74) is 0. The summed E-state index contributed by atoms with van der Waals surface area (Å²) in [7, 11) is 0. The number of aromatic nitrogens is 2. The first-order valence-corrected chi connectivity index (χ1v) is 9.59. The number of urea groups is 1. The fourth-order valence-electron chi connectivity index (χ4n) is 3.63. The van der Waals surface area contributed by atoms with Gasteiger partial charge < -0.3 is 24.4 Å². The number of hydrogen-bond acceptors (Lipinski definition) is 4. The van der Waals surface area contributed by atoms with E-state index >= 15 is 0 Å². The monoisotopic (exact) mass is 363 g/mol. The Hall–Kier alpha value is -2.09. The van der Waals surface area contributed by atoms with Gasteiger partial charge in [0.25, 0.3) is 0 Å². The highest BCUT2D eigenvalue weighted by Gasteiger charge is 2.32. The Balaban J connectivity index is 1.47. The van der Waals surface area contributed by atoms with Crippen LogP contribution >= 0.6 is 0 Å². The highest BCUT2D eigenvalue weighted by atomic mass is 16.5. The summed E-state index contributed by atoms with van der Waals surface area (Å²) in [6, 6.07) is -0.133. The second kappa shape index (κ2) is 9.02. The van der Waals surface area contributed by atoms with Gasteiger partial charge in [-0.25, -0.2) is 9.78 Å². The van der Waals surface area contributed by atoms with Crippen LogP contribution in [0.1, 0.15) is 32.0 Å². The predicted octanol–water partition coefficient (Wildman–Crippen LogP) is 0.868. The number of hydrogen-bond donors (Lipinski definition) is 1. The molecule has 0 aromatic carbocycles. The lowest BCUT2D eigenvalue weighted by atomic mass is 10.1. The Morgan fingerprint density at radius 3 is 2.88 bits per heavy atom. The second-order valence-corrected chi connectivity index (χ2v) is 6.84. The third kappa shape index (κ3) is 4.55. The van der Waals surface area contributed by atoms with Gasteiger partial charge in [-0.05, 0) is 12.8 Å². The minimum absolute atomic E-state index is 0.0436. The van der Waals surface area contributed by atoms with Gasteiger partial charge in [-0.2, -0.15) is 0 Å². The highest BCUT2D eigenvalue weighted by Crippen LogP contribution is 2.17. The first-order chi connectivity index (χ1) is 12.7. The van der Waals surface area contributed by atoms with E-state index in [1.807, 2.05) is 20.6 Å². The van der Waals surface area contributed by atoms with E-state index in [1.54, 1.807) is 6.20 Å². The molecule has 0 aliphatic carbocycles. The Bertz CT molecular complexity index is 612. The smallest absolute Gasteiger partial charge is 0.320 e. The minimum atomic E-state index is -0.184. The largest absolute Gasteiger partial charge is 0.377 e. The molecule has 2 aliphatic rings. The lowest BCUT2D eigenvalue weighted by molar-refractivity contribution is -0.123. The summed E-state index contributed by atoms with van der Waals surface area (Å²) in [5.74, 6) is 0.972. The average Bonchev–Trinajstić information content (AvgIpc) is 3.33. The Morgan fingerprint density at radius 2 is 2.12 bits per heavy atom. The molecule has 2 saturated heterocycles. The number of imidazole rings is 1. The number of carbonyl (C=O) groups is 2. The molecule has 144 valence electrons. The number of morpholine rings is 1. The molecule has 3 rings (SSSR count). The van der Waals surface area contributed by atoms with E-state index in [0.717, 1.165) is 38.2 Å². The number of nitrogens with zero attached hydrogens (tertiary/aromatic N) is 4. The Morgan fingerprint density at radius 1 is 1.31 bits per heavy atom. The van der Waals surface area contributed by atoms with Crippen LogP contribution in [0.4, 0.5) is 4.79 Å². The molecule has 1 atom stereocenters. The Labute approximate surface area is 154 Å². The molecular weight excluding hydrogens is 334 g/mol. The van der Waals surface area contributed by atoms with Crippen LogP contribution in [-0.2, 0) is 22.5 Å². The highest BCUT2D eigenvalue weighted by molar-refractivity contribution is 5.79. The molecule has 2 aliphatic heterocycles. The maximum absolute atomic E-state index is 12.7. The summed E-state index contributed by atoms with van der Waals surface area (Å²) >= 11 is 0. The zero-order chi connectivity index (χ0) is 18.4. The third-order valence-electron chi connectivity index (χ3n) is 5.06. The molecule has 3 heterocycles. The van der Waals surface area contributed by atoms with Gasteiger partial charge in [-0.3, -0.25) is 4.79 Å². The molecule has 8 heteroatoms. The number of aryl methyl sites for hydroxylation is 1. The van der Waals surface area contributed by atoms with E-state index < -0.39 is 0 Å². The average molecular weight is 363 g/mol. The van der Waals surface area contributed by atoms with Gasteiger partial charge in [0.2, 0.25) is 5.91 Å². The van der Waals surface area contributed by atoms with Crippen molar-refractivity contribution in [3.05, 3.63) is 18.2 Å². The van der Waals surface area contributed by atoms with Crippen molar-refractivity contribution in [2.75, 3.05) is 39.4 Å². The maximum atomic E-state index is 12.7. The molecule has 1 N–H and O–H groups in total. The standard InChI is InChI=1S/C18H29N5O3/c1-2-16-19-5-9-21(16)10-6-20-17(24)13-15-14-26-12-11-23(15)18(25)22-7-3-4-8-22/h5,9,15H,2-4,6-8,10-14H2,1H3,(H,20,24)/t15-/m1/s1. The van der Waals surface area contributed by atoms with Gasteiger partial charge in [-0.15, -0.1) is 0 Å². The number of ether oxygens (including phenoxy) is 1. The van der Waals surface area contributed by atoms with Crippen LogP contribution in [-0.4, -0.2) is 76.7 Å². The van der Waals surface area contributed by atoms with Crippen LogP contribution in [0.2, 0.25) is 0 Å². The van der Waals surface area contributed by atoms with Crippen molar-refractivity contribution < 1.29 is 14.3 Å². The predicted molar refractivity (Wildman–Crippen MR) is 96.7 cm³/mol. The van der Waals surface area contributed by atoms with E-state index in [-0.39, 0.29) is 24.4 Å². The van der Waals surface area contributed by atoms with Crippen molar-refractivity contribution in [2.24, 2.45) is 0 Å². The van der Waals surface area contributed by atoms with E-state index in [9.17, 15) is 9.59 Å². The lowest BCUT2D eigenvalue weighted by Crippen LogP contribution is -2.54. The van der Waals surface area contributed by atoms with Crippen LogP contribution in [0.25, 0.3) is 0 Å². The van der Waals surface area contributed by atoms with Crippen LogP contribution in [0.3, 0.4) is 0 Å². The second-order valence-electron chi connectivity index (χ2n) is 6.84. The van der Waals surface area contributed by atoms with Gasteiger partial charge in [0, 0.05) is 58.0 Å². The number of nitrogens with one attached hydrogen (secondary N) is 1. The minimum Gasteiger partial charge on any atom is -0.377 e. The van der Waals surface area contributed by atoms with E-state index in [0.29, 0.717) is 32.8 Å². The van der Waals surface area contributed by atoms with Crippen LogP contribution in [0.15, 0.2) is 12.4 Å². The molecule has 2 fully saturated rings. The zero-order valence-electron chi connectivity index (χ0n) is 15.5. The SMILES string of the molecule is CCc1nccn1CCNC(=O)C[C@@H]1COCCN1C(=O)N1CCCC1. The van der Waals surface area contributed by atoms with Gasteiger partial charge in [-0.1, -0.05) is 6.92 Å². The van der Waals surface area contributed by atoms with Crippen molar-refractivity contribution >= 4 is 11.9 Å². The van der Waals surface area contributed by atoms with Gasteiger partial charge >= 0.3 is 6.03 Å². The van der Waals surface area contributed by atoms with E-state index in [4.69, 9.17) is 4.74 Å². The third-order valence-corrected chi connectivity index (χ3v) is 5.06. The van der Waals surface area contributed by atoms with Crippen LogP contribution in [0.5, 0.6) is 0 Å². The fourth-order valence-corrected chi connectivity index (χ4v) is 3.63. The van der Waals surface area contributed by atoms with Crippen molar-refractivity contribution in [3.8, 4) is 0 Å². The molecule has 0 spiro atoms. The fraction of sp³-hybridized carbons (Fsp3) is 0.722. The Kier molecular flexibility index (Phi) is 6.49. The molecule has 0 radical (unpaired) electrons. The van der Waals surface area contributed by atoms with Crippen LogP contribution < -0.4 is 5.32 Å². The van der Waals surface area contributed by atoms with Crippen molar-refractivity contribution in [1.82, 2.24) is 24.7 Å². The van der Waals surface area contributed by atoms with Gasteiger partial charge in [0.1, 0.15) is 5.82 Å². The van der Waals surface area contributed by atoms with E-state index in [1.165, 1.54) is 0 Å². The van der Waals surface area contributed by atoms with Crippen molar-refractivity contribution in [3.63, 3.8) is 0 Å². The molecule has 3 amide bonds. The van der Waals surface area contributed by atoms with Crippen LogP contribution in [0, 0.1) is 0 Å². The van der Waals surface area contributed by atoms with Gasteiger partial charge in [0.15, 0.2) is 0 Å². The summed E-state index contributed by atoms with van der Waals surface area (Å²) < 4.78 is 7.56. The summed E-state index contributed by atoms with van der Waals surface area (Å²) in [4.78, 5) is 33.0. The summed E-state index contributed by atoms with van der Waals surface area (Å²) in [6.07, 6.45) is 6.99. The number of carbonyl (C=O) groups excluding carboxylic acids is 2. The zero-order valence-corrected chi connectivity index (χ0v) is 15.5. The number of likely N-dealkylation sites (tertiary alicyclic amines) is 1. The first kappa shape index (κ1) is 18.7. The molecule has 0 unspecified atom stereocenters. The molecule has 8 nitrogen and oxygen atoms in total. The molecule has 1 aromatic heterocycles. The molecule has 26 heavy (non-hydrogen) atoms. The van der Waals surface area contributed by atoms with Crippen molar-refractivity contribution in [2.45, 2.75) is 45.2 Å². The quantitative estimate of drug-likeness (QED) is 0.813. The molecule has 1 aromatic rings.